The number of halogens is 4. The van der Waals surface area contributed by atoms with E-state index >= 15 is 0 Å². The average molecular weight is 388 g/mol. The van der Waals surface area contributed by atoms with Crippen LogP contribution in [0.1, 0.15) is 20.9 Å². The van der Waals surface area contributed by atoms with Crippen LogP contribution in [0.15, 0.2) is 36.0 Å². The van der Waals surface area contributed by atoms with Crippen LogP contribution in [0, 0.1) is 0 Å². The van der Waals surface area contributed by atoms with Gasteiger partial charge in [-0.3, -0.25) is 4.68 Å². The molecule has 0 aliphatic heterocycles. The molecule has 1 N–H and O–H groups in total. The highest BCUT2D eigenvalue weighted by molar-refractivity contribution is 7.09. The summed E-state index contributed by atoms with van der Waals surface area (Å²) in [6.07, 6.45) is -1.99. The fourth-order valence-electron chi connectivity index (χ4n) is 2.16. The van der Waals surface area contributed by atoms with Crippen LogP contribution >= 0.6 is 22.9 Å². The molecule has 130 valence electrons. The van der Waals surface area contributed by atoms with Crippen molar-refractivity contribution in [1.29, 1.82) is 0 Å². The van der Waals surface area contributed by atoms with Gasteiger partial charge < -0.3 is 5.11 Å². The third kappa shape index (κ3) is 3.67. The van der Waals surface area contributed by atoms with Crippen LogP contribution in [0.25, 0.3) is 11.3 Å². The van der Waals surface area contributed by atoms with Crippen molar-refractivity contribution in [2.45, 2.75) is 12.7 Å². The Morgan fingerprint density at radius 1 is 1.36 bits per heavy atom. The first-order valence-electron chi connectivity index (χ1n) is 6.82. The number of nitrogens with zero attached hydrogens (tertiary/aromatic N) is 3. The highest BCUT2D eigenvalue weighted by Crippen LogP contribution is 2.39. The van der Waals surface area contributed by atoms with E-state index < -0.39 is 22.7 Å². The second-order valence-electron chi connectivity index (χ2n) is 5.02. The first-order valence-corrected chi connectivity index (χ1v) is 8.07. The van der Waals surface area contributed by atoms with Crippen molar-refractivity contribution < 1.29 is 23.1 Å². The number of alkyl halides is 3. The van der Waals surface area contributed by atoms with Gasteiger partial charge in [0, 0.05) is 17.1 Å². The number of carboxylic acids is 1. The molecule has 0 fully saturated rings. The summed E-state index contributed by atoms with van der Waals surface area (Å²) in [5, 5.41) is 14.5. The van der Waals surface area contributed by atoms with E-state index in [4.69, 9.17) is 16.7 Å². The zero-order chi connectivity index (χ0) is 18.2. The number of hydrogen-bond acceptors (Lipinski definition) is 4. The van der Waals surface area contributed by atoms with Gasteiger partial charge in [0.25, 0.3) is 0 Å². The quantitative estimate of drug-likeness (QED) is 0.719. The normalized spacial score (nSPS) is 11.7. The van der Waals surface area contributed by atoms with Crippen LogP contribution in [-0.4, -0.2) is 25.8 Å². The summed E-state index contributed by atoms with van der Waals surface area (Å²) in [7, 11) is 0. The van der Waals surface area contributed by atoms with E-state index in [1.54, 1.807) is 5.38 Å². The summed E-state index contributed by atoms with van der Waals surface area (Å²) >= 11 is 7.12. The second kappa shape index (κ2) is 6.49. The molecule has 3 aromatic rings. The van der Waals surface area contributed by atoms with E-state index in [1.165, 1.54) is 40.5 Å². The van der Waals surface area contributed by atoms with Gasteiger partial charge in [0.05, 0.1) is 34.6 Å². The highest BCUT2D eigenvalue weighted by Gasteiger charge is 2.34. The summed E-state index contributed by atoms with van der Waals surface area (Å²) in [5.41, 5.74) is -0.371. The van der Waals surface area contributed by atoms with Crippen molar-refractivity contribution >= 4 is 28.9 Å². The zero-order valence-corrected chi connectivity index (χ0v) is 13.9. The Kier molecular flexibility index (Phi) is 4.53. The molecule has 25 heavy (non-hydrogen) atoms. The number of carbonyl (C=O) groups is 1. The monoisotopic (exact) mass is 387 g/mol. The van der Waals surface area contributed by atoms with Crippen LogP contribution < -0.4 is 0 Å². The Bertz CT molecular complexity index is 936. The lowest BCUT2D eigenvalue weighted by Crippen LogP contribution is -2.06. The third-order valence-electron chi connectivity index (χ3n) is 3.31. The lowest BCUT2D eigenvalue weighted by Gasteiger charge is -2.11. The second-order valence-corrected chi connectivity index (χ2v) is 6.34. The molecular formula is C15H9ClF3N3O2S. The summed E-state index contributed by atoms with van der Waals surface area (Å²) < 4.78 is 40.2. The molecule has 0 saturated heterocycles. The Hall–Kier alpha value is -2.39. The smallest absolute Gasteiger partial charge is 0.417 e. The van der Waals surface area contributed by atoms with E-state index in [-0.39, 0.29) is 17.7 Å². The summed E-state index contributed by atoms with van der Waals surface area (Å²) in [6.45, 7) is 0.203. The van der Waals surface area contributed by atoms with E-state index in [1.807, 2.05) is 0 Å². The predicted molar refractivity (Wildman–Crippen MR) is 85.9 cm³/mol. The summed E-state index contributed by atoms with van der Waals surface area (Å²) in [4.78, 5) is 15.1. The van der Waals surface area contributed by atoms with Crippen molar-refractivity contribution in [1.82, 2.24) is 14.8 Å². The molecule has 0 spiro atoms. The van der Waals surface area contributed by atoms with Crippen molar-refractivity contribution in [2.75, 3.05) is 0 Å². The lowest BCUT2D eigenvalue weighted by molar-refractivity contribution is -0.137. The molecule has 5 nitrogen and oxygen atoms in total. The van der Waals surface area contributed by atoms with Crippen LogP contribution in [0.4, 0.5) is 13.2 Å². The topological polar surface area (TPSA) is 68.0 Å². The molecule has 0 bridgehead atoms. The van der Waals surface area contributed by atoms with Crippen molar-refractivity contribution in [2.24, 2.45) is 0 Å². The van der Waals surface area contributed by atoms with E-state index in [0.717, 1.165) is 6.07 Å². The predicted octanol–water partition coefficient (Wildman–Crippen LogP) is 4.43. The number of thiazole rings is 1. The Morgan fingerprint density at radius 3 is 2.76 bits per heavy atom. The third-order valence-corrected chi connectivity index (χ3v) is 4.55. The van der Waals surface area contributed by atoms with Gasteiger partial charge in [-0.05, 0) is 6.07 Å². The van der Waals surface area contributed by atoms with E-state index in [0.29, 0.717) is 10.7 Å². The maximum absolute atomic E-state index is 12.9. The molecule has 3 rings (SSSR count). The molecule has 0 saturated carbocycles. The summed E-state index contributed by atoms with van der Waals surface area (Å²) in [5.74, 6) is -1.10. The van der Waals surface area contributed by atoms with Crippen molar-refractivity contribution in [3.05, 3.63) is 57.1 Å². The fraction of sp³-hybridized carbons (Fsp3) is 0.133. The van der Waals surface area contributed by atoms with E-state index in [2.05, 4.69) is 10.1 Å². The lowest BCUT2D eigenvalue weighted by atomic mass is 10.1. The molecular weight excluding hydrogens is 379 g/mol. The van der Waals surface area contributed by atoms with Gasteiger partial charge in [0.15, 0.2) is 0 Å². The van der Waals surface area contributed by atoms with Crippen molar-refractivity contribution in [3.63, 3.8) is 0 Å². The van der Waals surface area contributed by atoms with Crippen LogP contribution in [0.2, 0.25) is 5.02 Å². The molecule has 10 heteroatoms. The van der Waals surface area contributed by atoms with Gasteiger partial charge in [0.1, 0.15) is 5.01 Å². The molecule has 0 radical (unpaired) electrons. The van der Waals surface area contributed by atoms with Crippen LogP contribution in [0.3, 0.4) is 0 Å². The molecule has 0 amide bonds. The zero-order valence-electron chi connectivity index (χ0n) is 12.3. The van der Waals surface area contributed by atoms with Crippen LogP contribution in [0.5, 0.6) is 0 Å². The molecule has 2 heterocycles. The first kappa shape index (κ1) is 17.4. The average Bonchev–Trinajstić information content (AvgIpc) is 3.16. The van der Waals surface area contributed by atoms with Crippen LogP contribution in [-0.2, 0) is 12.7 Å². The number of benzene rings is 1. The molecule has 0 atom stereocenters. The van der Waals surface area contributed by atoms with Gasteiger partial charge in [-0.25, -0.2) is 9.78 Å². The Labute approximate surface area is 148 Å². The molecule has 0 aliphatic carbocycles. The minimum absolute atomic E-state index is 0.0395. The summed E-state index contributed by atoms with van der Waals surface area (Å²) in [6, 6.07) is 3.65. The number of carboxylic acid groups (broad SMARTS) is 1. The number of hydrogen-bond donors (Lipinski definition) is 1. The molecule has 2 aromatic heterocycles. The van der Waals surface area contributed by atoms with Gasteiger partial charge in [0.2, 0.25) is 0 Å². The number of aromatic carboxylic acids is 1. The molecule has 0 aliphatic rings. The maximum Gasteiger partial charge on any atom is 0.417 e. The maximum atomic E-state index is 12.9. The number of rotatable bonds is 4. The van der Waals surface area contributed by atoms with Gasteiger partial charge >= 0.3 is 12.1 Å². The molecule has 1 aromatic carbocycles. The van der Waals surface area contributed by atoms with E-state index in [9.17, 15) is 18.0 Å². The highest BCUT2D eigenvalue weighted by atomic mass is 35.5. The Morgan fingerprint density at radius 2 is 2.12 bits per heavy atom. The minimum Gasteiger partial charge on any atom is -0.478 e. The molecule has 0 unspecified atom stereocenters. The first-order chi connectivity index (χ1) is 11.8. The largest absolute Gasteiger partial charge is 0.478 e. The van der Waals surface area contributed by atoms with Gasteiger partial charge in [-0.1, -0.05) is 23.7 Å². The standard InChI is InChI=1S/C15H9ClF3N3O2S/c16-13-9(2-1-3-10(13)15(17,18)19)11-7-25-12(21-11)6-22-5-8(4-20-22)14(23)24/h1-5,7H,6H2,(H,23,24). The fourth-order valence-corrected chi connectivity index (χ4v) is 3.27. The Balaban J connectivity index is 1.88. The van der Waals surface area contributed by atoms with Gasteiger partial charge in [-0.2, -0.15) is 18.3 Å². The minimum atomic E-state index is -4.55. The van der Waals surface area contributed by atoms with Crippen molar-refractivity contribution in [3.8, 4) is 11.3 Å². The van der Waals surface area contributed by atoms with Gasteiger partial charge in [-0.15, -0.1) is 11.3 Å². The SMILES string of the molecule is O=C(O)c1cnn(Cc2nc(-c3cccc(C(F)(F)F)c3Cl)cs2)c1. The number of aromatic nitrogens is 3.